The van der Waals surface area contributed by atoms with Crippen molar-refractivity contribution in [2.24, 2.45) is 0 Å². The highest BCUT2D eigenvalue weighted by Crippen LogP contribution is 2.23. The molecular weight excluding hydrogens is 180 g/mol. The number of aromatic nitrogens is 2. The number of hydrogen-bond acceptors (Lipinski definition) is 5. The van der Waals surface area contributed by atoms with E-state index in [0.29, 0.717) is 11.8 Å². The molecule has 0 amide bonds. The molecule has 0 radical (unpaired) electrons. The number of nitrogens with zero attached hydrogens (tertiary/aromatic N) is 3. The Morgan fingerprint density at radius 3 is 3.14 bits per heavy atom. The van der Waals surface area contributed by atoms with Gasteiger partial charge in [0.05, 0.1) is 18.0 Å². The lowest BCUT2D eigenvalue weighted by Gasteiger charge is -2.17. The van der Waals surface area contributed by atoms with E-state index in [0.717, 1.165) is 25.3 Å². The molecule has 1 atom stereocenters. The second-order valence-electron chi connectivity index (χ2n) is 3.39. The number of hydrogen-bond donors (Lipinski definition) is 1. The third-order valence-corrected chi connectivity index (χ3v) is 2.50. The lowest BCUT2D eigenvalue weighted by atomic mass is 10.3. The third-order valence-electron chi connectivity index (χ3n) is 2.50. The van der Waals surface area contributed by atoms with Gasteiger partial charge >= 0.3 is 0 Å². The number of methoxy groups -OCH3 is 1. The molecule has 1 aromatic rings. The Balaban J connectivity index is 2.13. The first-order valence-corrected chi connectivity index (χ1v) is 4.64. The Bertz CT molecular complexity index is 317. The van der Waals surface area contributed by atoms with Crippen LogP contribution in [0.3, 0.4) is 0 Å². The normalized spacial score (nSPS) is 21.5. The lowest BCUT2D eigenvalue weighted by molar-refractivity contribution is 0.121. The largest absolute Gasteiger partial charge is 0.394 e. The van der Waals surface area contributed by atoms with Gasteiger partial charge in [-0.1, -0.05) is 0 Å². The van der Waals surface area contributed by atoms with Crippen molar-refractivity contribution in [3.05, 3.63) is 12.5 Å². The maximum absolute atomic E-state index is 5.78. The highest BCUT2D eigenvalue weighted by atomic mass is 16.5. The molecular formula is C9H14N4O. The van der Waals surface area contributed by atoms with Crippen LogP contribution in [-0.4, -0.2) is 36.3 Å². The van der Waals surface area contributed by atoms with Crippen LogP contribution in [0, 0.1) is 0 Å². The predicted octanol–water partition coefficient (Wildman–Crippen LogP) is 0.284. The van der Waals surface area contributed by atoms with Gasteiger partial charge in [-0.2, -0.15) is 0 Å². The number of ether oxygens (including phenoxy) is 1. The molecule has 1 aliphatic heterocycles. The summed E-state index contributed by atoms with van der Waals surface area (Å²) in [5.74, 6) is 0.819. The Hall–Kier alpha value is -1.36. The lowest BCUT2D eigenvalue weighted by Crippen LogP contribution is -2.24. The van der Waals surface area contributed by atoms with Crippen molar-refractivity contribution in [2.75, 3.05) is 30.8 Å². The molecule has 1 saturated heterocycles. The van der Waals surface area contributed by atoms with Crippen LogP contribution in [-0.2, 0) is 4.74 Å². The van der Waals surface area contributed by atoms with E-state index in [1.807, 2.05) is 0 Å². The molecule has 1 aliphatic rings. The van der Waals surface area contributed by atoms with Crippen LogP contribution in [0.4, 0.5) is 11.5 Å². The summed E-state index contributed by atoms with van der Waals surface area (Å²) in [5, 5.41) is 0. The van der Waals surface area contributed by atoms with Gasteiger partial charge in [0.25, 0.3) is 0 Å². The monoisotopic (exact) mass is 194 g/mol. The predicted molar refractivity (Wildman–Crippen MR) is 54.1 cm³/mol. The van der Waals surface area contributed by atoms with Gasteiger partial charge in [-0.25, -0.2) is 9.97 Å². The quantitative estimate of drug-likeness (QED) is 0.732. The van der Waals surface area contributed by atoms with Crippen molar-refractivity contribution in [2.45, 2.75) is 12.5 Å². The Labute approximate surface area is 82.9 Å². The van der Waals surface area contributed by atoms with Gasteiger partial charge in [-0.05, 0) is 6.42 Å². The van der Waals surface area contributed by atoms with Crippen molar-refractivity contribution in [1.29, 1.82) is 0 Å². The van der Waals surface area contributed by atoms with Gasteiger partial charge in [0.2, 0.25) is 0 Å². The minimum atomic E-state index is 0.296. The van der Waals surface area contributed by atoms with Gasteiger partial charge in [0, 0.05) is 20.2 Å². The smallest absolute Gasteiger partial charge is 0.155 e. The molecule has 5 nitrogen and oxygen atoms in total. The fraction of sp³-hybridized carbons (Fsp3) is 0.556. The van der Waals surface area contributed by atoms with Crippen molar-refractivity contribution in [3.63, 3.8) is 0 Å². The molecule has 0 bridgehead atoms. The topological polar surface area (TPSA) is 64.3 Å². The van der Waals surface area contributed by atoms with Gasteiger partial charge in [-0.3, -0.25) is 0 Å². The third kappa shape index (κ3) is 1.63. The van der Waals surface area contributed by atoms with Crippen molar-refractivity contribution in [3.8, 4) is 0 Å². The molecule has 0 aliphatic carbocycles. The van der Waals surface area contributed by atoms with Crippen LogP contribution in [0.5, 0.6) is 0 Å². The summed E-state index contributed by atoms with van der Waals surface area (Å²) < 4.78 is 5.28. The molecule has 0 spiro atoms. The summed E-state index contributed by atoms with van der Waals surface area (Å²) in [7, 11) is 1.73. The fourth-order valence-corrected chi connectivity index (χ4v) is 1.71. The van der Waals surface area contributed by atoms with Crippen LogP contribution in [0.1, 0.15) is 6.42 Å². The summed E-state index contributed by atoms with van der Waals surface area (Å²) in [6.45, 7) is 1.80. The summed E-state index contributed by atoms with van der Waals surface area (Å²) in [6, 6.07) is 0. The minimum absolute atomic E-state index is 0.296. The zero-order valence-corrected chi connectivity index (χ0v) is 8.18. The Kier molecular flexibility index (Phi) is 2.49. The number of nitrogen functional groups attached to an aromatic ring is 1. The molecule has 2 heterocycles. The van der Waals surface area contributed by atoms with Crippen LogP contribution < -0.4 is 10.6 Å². The highest BCUT2D eigenvalue weighted by Gasteiger charge is 2.24. The number of anilines is 2. The van der Waals surface area contributed by atoms with Crippen LogP contribution in [0.15, 0.2) is 12.5 Å². The van der Waals surface area contributed by atoms with E-state index in [4.69, 9.17) is 10.5 Å². The Morgan fingerprint density at radius 1 is 1.64 bits per heavy atom. The van der Waals surface area contributed by atoms with Crippen molar-refractivity contribution in [1.82, 2.24) is 9.97 Å². The summed E-state index contributed by atoms with van der Waals surface area (Å²) in [5.41, 5.74) is 6.41. The fourth-order valence-electron chi connectivity index (χ4n) is 1.71. The van der Waals surface area contributed by atoms with Crippen LogP contribution in [0.25, 0.3) is 0 Å². The SMILES string of the molecule is COC1CCN(c2ncncc2N)C1. The molecule has 1 unspecified atom stereocenters. The molecule has 0 aromatic carbocycles. The van der Waals surface area contributed by atoms with Crippen molar-refractivity contribution < 1.29 is 4.74 Å². The molecule has 14 heavy (non-hydrogen) atoms. The maximum Gasteiger partial charge on any atom is 0.155 e. The summed E-state index contributed by atoms with van der Waals surface area (Å²) in [4.78, 5) is 10.2. The molecule has 2 rings (SSSR count). The standard InChI is InChI=1S/C9H14N4O/c1-14-7-2-3-13(5-7)9-8(10)4-11-6-12-9/h4,6-7H,2-3,5,10H2,1H3. The first kappa shape index (κ1) is 9.21. The van der Waals surface area contributed by atoms with Gasteiger partial charge in [0.1, 0.15) is 6.33 Å². The van der Waals surface area contributed by atoms with E-state index in [1.54, 1.807) is 13.3 Å². The summed E-state index contributed by atoms with van der Waals surface area (Å²) >= 11 is 0. The van der Waals surface area contributed by atoms with Crippen molar-refractivity contribution >= 4 is 11.5 Å². The van der Waals surface area contributed by atoms with E-state index < -0.39 is 0 Å². The molecule has 1 aromatic heterocycles. The number of nitrogens with two attached hydrogens (primary N) is 1. The van der Waals surface area contributed by atoms with E-state index in [2.05, 4.69) is 14.9 Å². The number of rotatable bonds is 2. The zero-order valence-electron chi connectivity index (χ0n) is 8.18. The first-order chi connectivity index (χ1) is 6.81. The zero-order chi connectivity index (χ0) is 9.97. The van der Waals surface area contributed by atoms with E-state index in [-0.39, 0.29) is 0 Å². The minimum Gasteiger partial charge on any atom is -0.394 e. The molecule has 1 fully saturated rings. The maximum atomic E-state index is 5.78. The van der Waals surface area contributed by atoms with Crippen LogP contribution in [0.2, 0.25) is 0 Å². The molecule has 2 N–H and O–H groups in total. The summed E-state index contributed by atoms with van der Waals surface area (Å²) in [6.07, 6.45) is 4.47. The van der Waals surface area contributed by atoms with E-state index in [9.17, 15) is 0 Å². The van der Waals surface area contributed by atoms with Crippen LogP contribution >= 0.6 is 0 Å². The second-order valence-corrected chi connectivity index (χ2v) is 3.39. The Morgan fingerprint density at radius 2 is 2.50 bits per heavy atom. The van der Waals surface area contributed by atoms with E-state index in [1.165, 1.54) is 6.33 Å². The first-order valence-electron chi connectivity index (χ1n) is 4.64. The molecule has 0 saturated carbocycles. The molecule has 76 valence electrons. The highest BCUT2D eigenvalue weighted by molar-refractivity contribution is 5.61. The average molecular weight is 194 g/mol. The second kappa shape index (κ2) is 3.79. The van der Waals surface area contributed by atoms with Gasteiger partial charge in [0.15, 0.2) is 5.82 Å². The van der Waals surface area contributed by atoms with E-state index >= 15 is 0 Å². The van der Waals surface area contributed by atoms with Gasteiger partial charge < -0.3 is 15.4 Å². The van der Waals surface area contributed by atoms with Gasteiger partial charge in [-0.15, -0.1) is 0 Å². The average Bonchev–Trinajstić information content (AvgIpc) is 2.67. The molecule has 5 heteroatoms.